The minimum absolute atomic E-state index is 0.0642. The first kappa shape index (κ1) is 21.2. The molecule has 142 valence electrons. The molecule has 0 saturated carbocycles. The molecule has 0 radical (unpaired) electrons. The lowest BCUT2D eigenvalue weighted by atomic mass is 10.2. The zero-order valence-electron chi connectivity index (χ0n) is 15.9. The molecule has 0 aromatic rings. The van der Waals surface area contributed by atoms with Crippen LogP contribution in [0.25, 0.3) is 0 Å². The number of aliphatic imine (C=N–C) groups is 1. The van der Waals surface area contributed by atoms with Crippen LogP contribution >= 0.6 is 0 Å². The van der Waals surface area contributed by atoms with Gasteiger partial charge < -0.3 is 15.5 Å². The normalized spacial score (nSPS) is 20.6. The van der Waals surface area contributed by atoms with E-state index in [1.807, 2.05) is 6.92 Å². The fourth-order valence-corrected chi connectivity index (χ4v) is 3.57. The van der Waals surface area contributed by atoms with Crippen molar-refractivity contribution in [2.45, 2.75) is 39.3 Å². The second-order valence-electron chi connectivity index (χ2n) is 6.74. The van der Waals surface area contributed by atoms with E-state index < -0.39 is 9.84 Å². The van der Waals surface area contributed by atoms with E-state index in [4.69, 9.17) is 0 Å². The first-order chi connectivity index (χ1) is 11.2. The Kier molecular flexibility index (Phi) is 9.01. The molecule has 0 bridgehead atoms. The van der Waals surface area contributed by atoms with Gasteiger partial charge in [-0.1, -0.05) is 6.92 Å². The molecule has 0 aromatic heterocycles. The Balaban J connectivity index is 2.33. The average Bonchev–Trinajstić information content (AvgIpc) is 2.55. The summed E-state index contributed by atoms with van der Waals surface area (Å²) in [5.74, 6) is 0.922. The van der Waals surface area contributed by atoms with Crippen molar-refractivity contribution in [1.29, 1.82) is 0 Å². The van der Waals surface area contributed by atoms with Crippen LogP contribution in [0.1, 0.15) is 27.2 Å². The van der Waals surface area contributed by atoms with Gasteiger partial charge in [-0.15, -0.1) is 0 Å². The first-order valence-corrected chi connectivity index (χ1v) is 10.9. The van der Waals surface area contributed by atoms with Crippen LogP contribution in [0.15, 0.2) is 4.99 Å². The van der Waals surface area contributed by atoms with Crippen molar-refractivity contribution in [2.24, 2.45) is 4.99 Å². The SMILES string of the molecule is CCN1CCN(C(C)CNC(=NC)NC(C)CCS(C)(=O)=O)CC1. The first-order valence-electron chi connectivity index (χ1n) is 8.86. The molecule has 2 atom stereocenters. The number of likely N-dealkylation sites (N-methyl/N-ethyl adjacent to an activating group) is 1. The molecule has 2 unspecified atom stereocenters. The molecular weight excluding hydrogens is 326 g/mol. The topological polar surface area (TPSA) is 77.0 Å². The molecule has 1 aliphatic heterocycles. The molecule has 1 heterocycles. The smallest absolute Gasteiger partial charge is 0.191 e. The Morgan fingerprint density at radius 3 is 2.33 bits per heavy atom. The minimum Gasteiger partial charge on any atom is -0.355 e. The number of sulfone groups is 1. The lowest BCUT2D eigenvalue weighted by Crippen LogP contribution is -2.53. The van der Waals surface area contributed by atoms with Gasteiger partial charge in [-0.3, -0.25) is 9.89 Å². The molecular formula is C16H35N5O2S. The van der Waals surface area contributed by atoms with Gasteiger partial charge in [-0.05, 0) is 26.8 Å². The maximum atomic E-state index is 11.2. The van der Waals surface area contributed by atoms with Crippen molar-refractivity contribution in [2.75, 3.05) is 58.3 Å². The standard InChI is InChI=1S/C16H35N5O2S/c1-6-20-8-10-21(11-9-20)15(3)13-18-16(17-4)19-14(2)7-12-24(5,22)23/h14-15H,6-13H2,1-5H3,(H2,17,18,19). The summed E-state index contributed by atoms with van der Waals surface area (Å²) in [4.78, 5) is 9.21. The van der Waals surface area contributed by atoms with Crippen LogP contribution in [0.4, 0.5) is 0 Å². The molecule has 2 N–H and O–H groups in total. The molecule has 8 heteroatoms. The Labute approximate surface area is 147 Å². The third kappa shape index (κ3) is 8.30. The van der Waals surface area contributed by atoms with Gasteiger partial charge in [0.1, 0.15) is 9.84 Å². The van der Waals surface area contributed by atoms with Crippen molar-refractivity contribution >= 4 is 15.8 Å². The van der Waals surface area contributed by atoms with Gasteiger partial charge >= 0.3 is 0 Å². The maximum absolute atomic E-state index is 11.2. The number of piperazine rings is 1. The van der Waals surface area contributed by atoms with Crippen LogP contribution in [0.2, 0.25) is 0 Å². The van der Waals surface area contributed by atoms with E-state index in [-0.39, 0.29) is 11.8 Å². The molecule has 0 aliphatic carbocycles. The lowest BCUT2D eigenvalue weighted by Gasteiger charge is -2.37. The van der Waals surface area contributed by atoms with Gasteiger partial charge in [0.05, 0.1) is 5.75 Å². The minimum atomic E-state index is -2.92. The van der Waals surface area contributed by atoms with Crippen LogP contribution in [0, 0.1) is 0 Å². The summed E-state index contributed by atoms with van der Waals surface area (Å²) < 4.78 is 22.5. The molecule has 0 aromatic carbocycles. The Morgan fingerprint density at radius 1 is 1.21 bits per heavy atom. The predicted octanol–water partition coefficient (Wildman–Crippen LogP) is 0.000600. The number of hydrogen-bond donors (Lipinski definition) is 2. The van der Waals surface area contributed by atoms with Crippen molar-refractivity contribution < 1.29 is 8.42 Å². The van der Waals surface area contributed by atoms with Crippen molar-refractivity contribution in [3.63, 3.8) is 0 Å². The number of rotatable bonds is 8. The molecule has 1 fully saturated rings. The Bertz CT molecular complexity index is 487. The molecule has 1 rings (SSSR count). The van der Waals surface area contributed by atoms with Gasteiger partial charge in [-0.2, -0.15) is 0 Å². The quantitative estimate of drug-likeness (QED) is 0.468. The van der Waals surface area contributed by atoms with E-state index in [2.05, 4.69) is 39.3 Å². The molecule has 0 spiro atoms. The van der Waals surface area contributed by atoms with Crippen molar-refractivity contribution in [3.8, 4) is 0 Å². The molecule has 24 heavy (non-hydrogen) atoms. The van der Waals surface area contributed by atoms with Gasteiger partial charge in [0.25, 0.3) is 0 Å². The summed E-state index contributed by atoms with van der Waals surface area (Å²) in [7, 11) is -1.18. The maximum Gasteiger partial charge on any atom is 0.191 e. The fourth-order valence-electron chi connectivity index (χ4n) is 2.78. The summed E-state index contributed by atoms with van der Waals surface area (Å²) >= 11 is 0. The van der Waals surface area contributed by atoms with Crippen molar-refractivity contribution in [1.82, 2.24) is 20.4 Å². The van der Waals surface area contributed by atoms with Gasteiger partial charge in [0.15, 0.2) is 5.96 Å². The molecule has 1 aliphatic rings. The molecule has 0 amide bonds. The fraction of sp³-hybridized carbons (Fsp3) is 0.938. The summed E-state index contributed by atoms with van der Waals surface area (Å²) in [6.45, 7) is 12.8. The van der Waals surface area contributed by atoms with Crippen LogP contribution in [0.5, 0.6) is 0 Å². The zero-order valence-corrected chi connectivity index (χ0v) is 16.7. The highest BCUT2D eigenvalue weighted by Crippen LogP contribution is 2.05. The molecule has 7 nitrogen and oxygen atoms in total. The predicted molar refractivity (Wildman–Crippen MR) is 101 cm³/mol. The summed E-state index contributed by atoms with van der Waals surface area (Å²) in [6.07, 6.45) is 1.85. The third-order valence-electron chi connectivity index (χ3n) is 4.57. The number of nitrogens with zero attached hydrogens (tertiary/aromatic N) is 3. The highest BCUT2D eigenvalue weighted by atomic mass is 32.2. The van der Waals surface area contributed by atoms with E-state index in [1.54, 1.807) is 7.05 Å². The van der Waals surface area contributed by atoms with Gasteiger partial charge in [0.2, 0.25) is 0 Å². The second-order valence-corrected chi connectivity index (χ2v) is 9.00. The van der Waals surface area contributed by atoms with E-state index in [0.29, 0.717) is 12.5 Å². The largest absolute Gasteiger partial charge is 0.355 e. The summed E-state index contributed by atoms with van der Waals surface area (Å²) in [5, 5.41) is 6.62. The lowest BCUT2D eigenvalue weighted by molar-refractivity contribution is 0.107. The third-order valence-corrected chi connectivity index (χ3v) is 5.55. The average molecular weight is 362 g/mol. The number of nitrogens with one attached hydrogen (secondary N) is 2. The van der Waals surface area contributed by atoms with E-state index in [9.17, 15) is 8.42 Å². The molecule has 1 saturated heterocycles. The second kappa shape index (κ2) is 10.2. The number of guanidine groups is 1. The highest BCUT2D eigenvalue weighted by molar-refractivity contribution is 7.90. The summed E-state index contributed by atoms with van der Waals surface area (Å²) in [6, 6.07) is 0.503. The van der Waals surface area contributed by atoms with Gasteiger partial charge in [0, 0.05) is 58.1 Å². The Hall–Kier alpha value is -0.860. The zero-order chi connectivity index (χ0) is 18.2. The monoisotopic (exact) mass is 361 g/mol. The number of hydrogen-bond acceptors (Lipinski definition) is 5. The highest BCUT2D eigenvalue weighted by Gasteiger charge is 2.20. The summed E-state index contributed by atoms with van der Waals surface area (Å²) in [5.41, 5.74) is 0. The van der Waals surface area contributed by atoms with Crippen LogP contribution in [0.3, 0.4) is 0 Å². The van der Waals surface area contributed by atoms with Crippen LogP contribution in [-0.2, 0) is 9.84 Å². The van der Waals surface area contributed by atoms with Crippen molar-refractivity contribution in [3.05, 3.63) is 0 Å². The van der Waals surface area contributed by atoms with E-state index in [0.717, 1.165) is 45.2 Å². The van der Waals surface area contributed by atoms with Gasteiger partial charge in [-0.25, -0.2) is 8.42 Å². The van der Waals surface area contributed by atoms with E-state index in [1.165, 1.54) is 6.26 Å². The van der Waals surface area contributed by atoms with Crippen LogP contribution < -0.4 is 10.6 Å². The Morgan fingerprint density at radius 2 is 1.83 bits per heavy atom. The van der Waals surface area contributed by atoms with E-state index >= 15 is 0 Å². The van der Waals surface area contributed by atoms with Crippen LogP contribution in [-0.4, -0.2) is 94.6 Å².